The summed E-state index contributed by atoms with van der Waals surface area (Å²) in [4.78, 5) is 83.9. The third-order valence-electron chi connectivity index (χ3n) is 16.9. The number of amides is 6. The van der Waals surface area contributed by atoms with Crippen LogP contribution in [0, 0.1) is 17.5 Å². The van der Waals surface area contributed by atoms with Crippen molar-refractivity contribution in [3.05, 3.63) is 201 Å². The van der Waals surface area contributed by atoms with E-state index in [1.807, 2.05) is 78.9 Å². The van der Waals surface area contributed by atoms with Crippen molar-refractivity contribution in [2.24, 2.45) is 0 Å². The first kappa shape index (κ1) is 55.3. The minimum absolute atomic E-state index is 0.0645. The number of halogens is 3. The van der Waals surface area contributed by atoms with Gasteiger partial charge in [-0.15, -0.1) is 0 Å². The monoisotopic (exact) mass is 1130 g/mol. The molecule has 7 atom stereocenters. The van der Waals surface area contributed by atoms with Gasteiger partial charge in [0, 0.05) is 101 Å². The van der Waals surface area contributed by atoms with Gasteiger partial charge in [-0.2, -0.15) is 0 Å². The molecule has 7 unspecified atom stereocenters. The SMILES string of the molecule is O=C1CCC(N2Cc3cc(OC4CN(Cc5cc(C(NC6CCN(Cc7cccc(F)c7)CC6Oc6ccc7c(c6)CN(C6CCC(=O)NC6=O)C7=O)c6ccccc6)cc(F)c5F)CCC4NCc4ccccc4)ccc3C2=O)C(=O)N1. The zero-order valence-electron chi connectivity index (χ0n) is 45.5. The second-order valence-corrected chi connectivity index (χ2v) is 22.5. The molecular weight excluding hydrogens is 1070 g/mol. The highest BCUT2D eigenvalue weighted by Gasteiger charge is 2.42. The first-order valence-corrected chi connectivity index (χ1v) is 28.4. The Morgan fingerprint density at radius 2 is 1.11 bits per heavy atom. The number of piperidine rings is 4. The molecule has 6 amide bonds. The standard InChI is InChI=1S/C64H63F3N8O8/c65-45-13-7-10-39(26-45)32-72-25-23-52(56(37-72)83-47-15-17-49-43(29-47)35-75(64(49)81)54-19-21-58(77)71-62(54)79)69-60(40-11-5-2-6-12-40)41-27-44(59(67)50(66)30-41)33-73-24-22-51(68-31-38-8-3-1-4-9-38)55(36-73)82-46-14-16-48-42(28-46)34-74(63(48)80)53-18-20-57(76)70-61(53)78/h1-17,26-30,51-56,60,68-69H,18-25,31-37H2,(H,70,76,78)(H,71,77,79). The summed E-state index contributed by atoms with van der Waals surface area (Å²) in [5.41, 5.74) is 5.63. The van der Waals surface area contributed by atoms with E-state index in [4.69, 9.17) is 9.47 Å². The predicted molar refractivity (Wildman–Crippen MR) is 299 cm³/mol. The Bertz CT molecular complexity index is 3480. The van der Waals surface area contributed by atoms with Gasteiger partial charge in [0.25, 0.3) is 11.8 Å². The quantitative estimate of drug-likeness (QED) is 0.0700. The Kier molecular flexibility index (Phi) is 15.9. The fourth-order valence-electron chi connectivity index (χ4n) is 12.7. The van der Waals surface area contributed by atoms with Crippen LogP contribution in [0.4, 0.5) is 13.2 Å². The predicted octanol–water partition coefficient (Wildman–Crippen LogP) is 6.84. The van der Waals surface area contributed by atoms with E-state index in [1.165, 1.54) is 28.0 Å². The molecule has 4 N–H and O–H groups in total. The number of nitrogens with one attached hydrogen (secondary N) is 4. The van der Waals surface area contributed by atoms with Crippen molar-refractivity contribution in [1.82, 2.24) is 40.9 Å². The summed E-state index contributed by atoms with van der Waals surface area (Å²) in [6.45, 7) is 3.31. The normalized spacial score (nSPS) is 23.4. The maximum atomic E-state index is 16.4. The molecule has 0 saturated carbocycles. The summed E-state index contributed by atoms with van der Waals surface area (Å²) in [6.07, 6.45) is 0.902. The number of nitrogens with zero attached hydrogens (tertiary/aromatic N) is 4. The van der Waals surface area contributed by atoms with Crippen molar-refractivity contribution >= 4 is 35.4 Å². The number of ether oxygens (including phenoxy) is 2. The van der Waals surface area contributed by atoms with E-state index in [1.54, 1.807) is 36.4 Å². The number of imide groups is 2. The molecule has 0 aromatic heterocycles. The molecule has 83 heavy (non-hydrogen) atoms. The summed E-state index contributed by atoms with van der Waals surface area (Å²) in [5, 5.41) is 12.2. The lowest BCUT2D eigenvalue weighted by molar-refractivity contribution is -0.138. The molecule has 16 nitrogen and oxygen atoms in total. The van der Waals surface area contributed by atoms with Crippen molar-refractivity contribution in [1.29, 1.82) is 0 Å². The number of carbonyl (C=O) groups excluding carboxylic acids is 6. The smallest absolute Gasteiger partial charge is 0.255 e. The van der Waals surface area contributed by atoms with Crippen LogP contribution in [0.2, 0.25) is 0 Å². The lowest BCUT2D eigenvalue weighted by Crippen LogP contribution is -2.55. The lowest BCUT2D eigenvalue weighted by atomic mass is 9.92. The fraction of sp³-hybridized carbons (Fsp3) is 0.344. The molecule has 4 fully saturated rings. The van der Waals surface area contributed by atoms with Crippen LogP contribution in [-0.4, -0.2) is 118 Å². The molecule has 0 bridgehead atoms. The van der Waals surface area contributed by atoms with E-state index in [9.17, 15) is 33.2 Å². The number of benzene rings is 6. The van der Waals surface area contributed by atoms with Gasteiger partial charge in [0.05, 0.1) is 6.04 Å². The van der Waals surface area contributed by atoms with Gasteiger partial charge in [0.2, 0.25) is 23.6 Å². The third kappa shape index (κ3) is 12.2. The van der Waals surface area contributed by atoms with E-state index in [-0.39, 0.29) is 92.4 Å². The van der Waals surface area contributed by atoms with Gasteiger partial charge in [0.1, 0.15) is 41.6 Å². The number of rotatable bonds is 17. The van der Waals surface area contributed by atoms with Crippen LogP contribution in [0.3, 0.4) is 0 Å². The van der Waals surface area contributed by atoms with E-state index in [2.05, 4.69) is 31.1 Å². The highest BCUT2D eigenvalue weighted by atomic mass is 19.2. The molecule has 6 aliphatic rings. The maximum Gasteiger partial charge on any atom is 0.255 e. The number of hydrogen-bond donors (Lipinski definition) is 4. The first-order chi connectivity index (χ1) is 40.3. The molecule has 0 spiro atoms. The summed E-state index contributed by atoms with van der Waals surface area (Å²) in [5.74, 6) is -3.61. The molecule has 6 aromatic rings. The van der Waals surface area contributed by atoms with Gasteiger partial charge in [-0.25, -0.2) is 13.2 Å². The van der Waals surface area contributed by atoms with Gasteiger partial charge >= 0.3 is 0 Å². The zero-order chi connectivity index (χ0) is 57.3. The molecule has 6 aromatic carbocycles. The topological polar surface area (TPSA) is 182 Å². The first-order valence-electron chi connectivity index (χ1n) is 28.4. The number of hydrogen-bond acceptors (Lipinski definition) is 12. The summed E-state index contributed by atoms with van der Waals surface area (Å²) < 4.78 is 61.0. The number of carbonyl (C=O) groups is 6. The summed E-state index contributed by atoms with van der Waals surface area (Å²) >= 11 is 0. The highest BCUT2D eigenvalue weighted by Crippen LogP contribution is 2.35. The van der Waals surface area contributed by atoms with Crippen LogP contribution in [0.5, 0.6) is 11.5 Å². The molecule has 4 saturated heterocycles. The number of likely N-dealkylation sites (tertiary alicyclic amines) is 2. The van der Waals surface area contributed by atoms with Crippen LogP contribution < -0.4 is 30.7 Å². The van der Waals surface area contributed by atoms with E-state index in [0.29, 0.717) is 91.4 Å². The molecule has 428 valence electrons. The third-order valence-corrected chi connectivity index (χ3v) is 16.9. The molecule has 0 radical (unpaired) electrons. The van der Waals surface area contributed by atoms with Crippen LogP contribution >= 0.6 is 0 Å². The molecule has 0 aliphatic carbocycles. The molecule has 6 heterocycles. The minimum atomic E-state index is -0.997. The Morgan fingerprint density at radius 1 is 0.554 bits per heavy atom. The highest BCUT2D eigenvalue weighted by molar-refractivity contribution is 6.06. The van der Waals surface area contributed by atoms with E-state index in [0.717, 1.165) is 16.7 Å². The Morgan fingerprint density at radius 3 is 1.70 bits per heavy atom. The Balaban J connectivity index is 0.795. The number of fused-ring (bicyclic) bond motifs is 2. The second-order valence-electron chi connectivity index (χ2n) is 22.5. The van der Waals surface area contributed by atoms with Gasteiger partial charge in [-0.1, -0.05) is 72.8 Å². The summed E-state index contributed by atoms with van der Waals surface area (Å²) in [6, 6.07) is 36.8. The van der Waals surface area contributed by atoms with Crippen LogP contribution in [-0.2, 0) is 51.9 Å². The van der Waals surface area contributed by atoms with Crippen LogP contribution in [0.15, 0.2) is 133 Å². The maximum absolute atomic E-state index is 16.4. The lowest BCUT2D eigenvalue weighted by Gasteiger charge is -2.41. The van der Waals surface area contributed by atoms with E-state index < -0.39 is 53.8 Å². The Labute approximate surface area is 478 Å². The molecule has 6 aliphatic heterocycles. The Hall–Kier alpha value is -8.23. The van der Waals surface area contributed by atoms with Crippen molar-refractivity contribution < 1.29 is 51.4 Å². The second kappa shape index (κ2) is 23.9. The van der Waals surface area contributed by atoms with Gasteiger partial charge in [-0.3, -0.25) is 54.5 Å². The van der Waals surface area contributed by atoms with Gasteiger partial charge in [0.15, 0.2) is 11.6 Å². The molecule has 12 rings (SSSR count). The fourth-order valence-corrected chi connectivity index (χ4v) is 12.7. The molecular formula is C64H63F3N8O8. The molecule has 19 heteroatoms. The van der Waals surface area contributed by atoms with Crippen LogP contribution in [0.25, 0.3) is 0 Å². The summed E-state index contributed by atoms with van der Waals surface area (Å²) in [7, 11) is 0. The average Bonchev–Trinajstić information content (AvgIpc) is 3.30. The zero-order valence-corrected chi connectivity index (χ0v) is 45.5. The average molecular weight is 1130 g/mol. The van der Waals surface area contributed by atoms with Crippen LogP contribution in [0.1, 0.15) is 104 Å². The van der Waals surface area contributed by atoms with Gasteiger partial charge < -0.3 is 24.6 Å². The van der Waals surface area contributed by atoms with Crippen molar-refractivity contribution in [2.45, 2.75) is 114 Å². The van der Waals surface area contributed by atoms with Crippen molar-refractivity contribution in [3.8, 4) is 11.5 Å². The minimum Gasteiger partial charge on any atom is -0.487 e. The van der Waals surface area contributed by atoms with Crippen molar-refractivity contribution in [3.63, 3.8) is 0 Å². The van der Waals surface area contributed by atoms with Gasteiger partial charge in [-0.05, 0) is 120 Å². The van der Waals surface area contributed by atoms with E-state index >= 15 is 8.78 Å². The largest absolute Gasteiger partial charge is 0.487 e. The van der Waals surface area contributed by atoms with Crippen molar-refractivity contribution in [2.75, 3.05) is 26.2 Å².